The van der Waals surface area contributed by atoms with E-state index in [1.165, 1.54) is 0 Å². The Labute approximate surface area is 121 Å². The number of amides is 1. The molecule has 0 saturated heterocycles. The van der Waals surface area contributed by atoms with Crippen LogP contribution in [0.1, 0.15) is 15.9 Å². The van der Waals surface area contributed by atoms with Crippen LogP contribution in [0.4, 0.5) is 11.4 Å². The lowest BCUT2D eigenvalue weighted by atomic mass is 10.1. The van der Waals surface area contributed by atoms with Crippen molar-refractivity contribution in [3.8, 4) is 0 Å². The molecule has 0 aliphatic carbocycles. The summed E-state index contributed by atoms with van der Waals surface area (Å²) in [7, 11) is 1.75. The molecular formula is C15H15BrN2O. The van der Waals surface area contributed by atoms with Gasteiger partial charge in [0.05, 0.1) is 5.56 Å². The average molecular weight is 319 g/mol. The number of carbonyl (C=O) groups is 1. The molecule has 3 nitrogen and oxygen atoms in total. The monoisotopic (exact) mass is 318 g/mol. The van der Waals surface area contributed by atoms with Crippen LogP contribution in [0.2, 0.25) is 0 Å². The predicted octanol–water partition coefficient (Wildman–Crippen LogP) is 3.62. The van der Waals surface area contributed by atoms with Gasteiger partial charge in [-0.1, -0.05) is 11.6 Å². The van der Waals surface area contributed by atoms with Gasteiger partial charge in [0.2, 0.25) is 0 Å². The molecule has 2 rings (SSSR count). The number of nitrogens with zero attached hydrogens (tertiary/aromatic N) is 1. The van der Waals surface area contributed by atoms with Crippen LogP contribution in [0.5, 0.6) is 0 Å². The summed E-state index contributed by atoms with van der Waals surface area (Å²) in [6, 6.07) is 13.0. The number of nitrogen functional groups attached to an aromatic ring is 1. The first-order valence-electron chi connectivity index (χ1n) is 5.89. The van der Waals surface area contributed by atoms with Gasteiger partial charge in [0.25, 0.3) is 5.91 Å². The molecule has 4 heteroatoms. The highest BCUT2D eigenvalue weighted by atomic mass is 79.9. The lowest BCUT2D eigenvalue weighted by Gasteiger charge is -2.18. The number of halogens is 1. The summed E-state index contributed by atoms with van der Waals surface area (Å²) in [5.41, 5.74) is 8.85. The zero-order valence-corrected chi connectivity index (χ0v) is 12.4. The quantitative estimate of drug-likeness (QED) is 0.860. The van der Waals surface area contributed by atoms with E-state index in [0.29, 0.717) is 11.3 Å². The number of benzene rings is 2. The average Bonchev–Trinajstić information content (AvgIpc) is 2.41. The van der Waals surface area contributed by atoms with Crippen molar-refractivity contribution < 1.29 is 4.79 Å². The first kappa shape index (κ1) is 13.6. The van der Waals surface area contributed by atoms with E-state index in [1.54, 1.807) is 24.1 Å². The fourth-order valence-corrected chi connectivity index (χ4v) is 2.22. The van der Waals surface area contributed by atoms with E-state index in [2.05, 4.69) is 15.9 Å². The number of anilines is 2. The van der Waals surface area contributed by atoms with Gasteiger partial charge in [-0.15, -0.1) is 0 Å². The van der Waals surface area contributed by atoms with Crippen molar-refractivity contribution in [3.63, 3.8) is 0 Å². The number of carbonyl (C=O) groups excluding carboxylic acids is 1. The topological polar surface area (TPSA) is 46.3 Å². The van der Waals surface area contributed by atoms with E-state index in [9.17, 15) is 4.79 Å². The lowest BCUT2D eigenvalue weighted by molar-refractivity contribution is 0.0992. The van der Waals surface area contributed by atoms with Crippen LogP contribution in [0, 0.1) is 6.92 Å². The Balaban J connectivity index is 2.33. The molecule has 0 aliphatic heterocycles. The van der Waals surface area contributed by atoms with E-state index in [-0.39, 0.29) is 5.91 Å². The molecule has 0 heterocycles. The molecule has 0 bridgehead atoms. The second-order valence-corrected chi connectivity index (χ2v) is 5.29. The van der Waals surface area contributed by atoms with Crippen molar-refractivity contribution in [3.05, 3.63) is 58.1 Å². The summed E-state index contributed by atoms with van der Waals surface area (Å²) in [6.45, 7) is 1.96. The molecule has 0 saturated carbocycles. The third-order valence-electron chi connectivity index (χ3n) is 2.94. The molecular weight excluding hydrogens is 304 g/mol. The molecule has 0 radical (unpaired) electrons. The summed E-state index contributed by atoms with van der Waals surface area (Å²) in [6.07, 6.45) is 0. The normalized spacial score (nSPS) is 10.3. The van der Waals surface area contributed by atoms with Crippen molar-refractivity contribution in [2.45, 2.75) is 6.92 Å². The number of hydrogen-bond acceptors (Lipinski definition) is 2. The molecule has 19 heavy (non-hydrogen) atoms. The van der Waals surface area contributed by atoms with Gasteiger partial charge in [-0.2, -0.15) is 0 Å². The van der Waals surface area contributed by atoms with E-state index < -0.39 is 0 Å². The van der Waals surface area contributed by atoms with E-state index in [0.717, 1.165) is 15.7 Å². The van der Waals surface area contributed by atoms with Gasteiger partial charge in [-0.3, -0.25) is 4.79 Å². The maximum atomic E-state index is 12.5. The number of aryl methyl sites for hydroxylation is 1. The van der Waals surface area contributed by atoms with Gasteiger partial charge in [-0.25, -0.2) is 0 Å². The molecule has 1 amide bonds. The van der Waals surface area contributed by atoms with Gasteiger partial charge in [0.15, 0.2) is 0 Å². The minimum Gasteiger partial charge on any atom is -0.399 e. The maximum Gasteiger partial charge on any atom is 0.259 e. The highest BCUT2D eigenvalue weighted by molar-refractivity contribution is 9.10. The van der Waals surface area contributed by atoms with Gasteiger partial charge in [-0.05, 0) is 59.3 Å². The Bertz CT molecular complexity index is 608. The summed E-state index contributed by atoms with van der Waals surface area (Å²) in [4.78, 5) is 14.1. The van der Waals surface area contributed by atoms with E-state index >= 15 is 0 Å². The van der Waals surface area contributed by atoms with Gasteiger partial charge < -0.3 is 10.6 Å². The molecule has 0 spiro atoms. The van der Waals surface area contributed by atoms with Crippen LogP contribution in [0.3, 0.4) is 0 Å². The smallest absolute Gasteiger partial charge is 0.259 e. The zero-order chi connectivity index (χ0) is 14.0. The SMILES string of the molecule is Cc1ccc(Br)c(C(=O)N(C)c2ccc(N)cc2)c1. The Morgan fingerprint density at radius 1 is 1.16 bits per heavy atom. The lowest BCUT2D eigenvalue weighted by Crippen LogP contribution is -2.26. The van der Waals surface area contributed by atoms with Crippen LogP contribution in [-0.2, 0) is 0 Å². The van der Waals surface area contributed by atoms with E-state index in [4.69, 9.17) is 5.73 Å². The largest absolute Gasteiger partial charge is 0.399 e. The third kappa shape index (κ3) is 2.96. The summed E-state index contributed by atoms with van der Waals surface area (Å²) < 4.78 is 0.797. The molecule has 0 fully saturated rings. The fourth-order valence-electron chi connectivity index (χ4n) is 1.80. The van der Waals surface area contributed by atoms with Crippen LogP contribution >= 0.6 is 15.9 Å². The number of nitrogens with two attached hydrogens (primary N) is 1. The fraction of sp³-hybridized carbons (Fsp3) is 0.133. The molecule has 0 aliphatic rings. The second-order valence-electron chi connectivity index (χ2n) is 4.44. The van der Waals surface area contributed by atoms with Crippen molar-refractivity contribution in [1.29, 1.82) is 0 Å². The Hall–Kier alpha value is -1.81. The van der Waals surface area contributed by atoms with Gasteiger partial charge in [0.1, 0.15) is 0 Å². The Morgan fingerprint density at radius 2 is 1.79 bits per heavy atom. The van der Waals surface area contributed by atoms with Crippen LogP contribution in [0.25, 0.3) is 0 Å². The predicted molar refractivity (Wildman–Crippen MR) is 82.5 cm³/mol. The van der Waals surface area contributed by atoms with E-state index in [1.807, 2.05) is 37.3 Å². The maximum absolute atomic E-state index is 12.5. The van der Waals surface area contributed by atoms with Crippen LogP contribution < -0.4 is 10.6 Å². The molecule has 98 valence electrons. The van der Waals surface area contributed by atoms with Gasteiger partial charge in [0, 0.05) is 22.9 Å². The standard InChI is InChI=1S/C15H15BrN2O/c1-10-3-8-14(16)13(9-10)15(19)18(2)12-6-4-11(17)5-7-12/h3-9H,17H2,1-2H3. The highest BCUT2D eigenvalue weighted by Gasteiger charge is 2.16. The summed E-state index contributed by atoms with van der Waals surface area (Å²) >= 11 is 3.42. The first-order chi connectivity index (χ1) is 8.99. The Kier molecular flexibility index (Phi) is 3.90. The minimum absolute atomic E-state index is 0.0552. The van der Waals surface area contributed by atoms with Crippen LogP contribution in [-0.4, -0.2) is 13.0 Å². The van der Waals surface area contributed by atoms with Gasteiger partial charge >= 0.3 is 0 Å². The first-order valence-corrected chi connectivity index (χ1v) is 6.68. The molecule has 0 aromatic heterocycles. The van der Waals surface area contributed by atoms with Crippen molar-refractivity contribution in [2.75, 3.05) is 17.7 Å². The minimum atomic E-state index is -0.0552. The third-order valence-corrected chi connectivity index (χ3v) is 3.63. The molecule has 0 unspecified atom stereocenters. The Morgan fingerprint density at radius 3 is 2.42 bits per heavy atom. The molecule has 2 aromatic rings. The molecule has 0 atom stereocenters. The number of hydrogen-bond donors (Lipinski definition) is 1. The van der Waals surface area contributed by atoms with Crippen molar-refractivity contribution in [1.82, 2.24) is 0 Å². The second kappa shape index (κ2) is 5.45. The van der Waals surface area contributed by atoms with Crippen molar-refractivity contribution in [2.24, 2.45) is 0 Å². The van der Waals surface area contributed by atoms with Crippen LogP contribution in [0.15, 0.2) is 46.9 Å². The summed E-state index contributed by atoms with van der Waals surface area (Å²) in [5, 5.41) is 0. The van der Waals surface area contributed by atoms with Crippen molar-refractivity contribution >= 4 is 33.2 Å². The summed E-state index contributed by atoms with van der Waals surface area (Å²) in [5.74, 6) is -0.0552. The highest BCUT2D eigenvalue weighted by Crippen LogP contribution is 2.23. The molecule has 2 N–H and O–H groups in total. The zero-order valence-electron chi connectivity index (χ0n) is 10.9. The number of rotatable bonds is 2. The molecule has 2 aromatic carbocycles.